The van der Waals surface area contributed by atoms with Gasteiger partial charge in [-0.05, 0) is 56.7 Å². The van der Waals surface area contributed by atoms with E-state index >= 15 is 0 Å². The molecule has 2 rings (SSSR count). The van der Waals surface area contributed by atoms with E-state index in [1.165, 1.54) is 36.8 Å². The van der Waals surface area contributed by atoms with Gasteiger partial charge in [-0.1, -0.05) is 18.4 Å². The van der Waals surface area contributed by atoms with Gasteiger partial charge in [0.05, 0.1) is 0 Å². The summed E-state index contributed by atoms with van der Waals surface area (Å²) in [5.41, 5.74) is 2.51. The average Bonchev–Trinajstić information content (AvgIpc) is 3.08. The molecule has 0 aromatic carbocycles. The van der Waals surface area contributed by atoms with E-state index in [0.29, 0.717) is 12.5 Å². The van der Waals surface area contributed by atoms with Gasteiger partial charge in [-0.2, -0.15) is 0 Å². The molecule has 0 spiro atoms. The number of hydrogen-bond acceptors (Lipinski definition) is 2. The number of urea groups is 1. The Bertz CT molecular complexity index is 492. The lowest BCUT2D eigenvalue weighted by molar-refractivity contribution is 0.205. The highest BCUT2D eigenvalue weighted by molar-refractivity contribution is 5.75. The summed E-state index contributed by atoms with van der Waals surface area (Å²) in [7, 11) is 0. The third-order valence-electron chi connectivity index (χ3n) is 4.51. The minimum atomic E-state index is -0.00565. The minimum absolute atomic E-state index is 0.00565. The van der Waals surface area contributed by atoms with Gasteiger partial charge < -0.3 is 10.2 Å². The van der Waals surface area contributed by atoms with Gasteiger partial charge in [-0.15, -0.1) is 0 Å². The van der Waals surface area contributed by atoms with Crippen LogP contribution in [0.5, 0.6) is 0 Å². The minimum Gasteiger partial charge on any atom is -0.324 e. The van der Waals surface area contributed by atoms with Crippen molar-refractivity contribution in [2.45, 2.75) is 46.0 Å². The van der Waals surface area contributed by atoms with Crippen LogP contribution in [0.1, 0.15) is 45.1 Å². The number of hydrogen-bond donors (Lipinski definition) is 1. The zero-order valence-corrected chi connectivity index (χ0v) is 13.7. The molecule has 1 heterocycles. The lowest BCUT2D eigenvalue weighted by Crippen LogP contribution is -2.39. The molecule has 120 valence electrons. The summed E-state index contributed by atoms with van der Waals surface area (Å²) >= 11 is 0. The van der Waals surface area contributed by atoms with Gasteiger partial charge in [0.15, 0.2) is 0 Å². The van der Waals surface area contributed by atoms with Gasteiger partial charge in [0.1, 0.15) is 0 Å². The molecule has 4 nitrogen and oxygen atoms in total. The molecule has 0 saturated heterocycles. The summed E-state index contributed by atoms with van der Waals surface area (Å²) in [6, 6.07) is 3.99. The molecular formula is C18H27N3O. The maximum absolute atomic E-state index is 12.3. The number of nitrogens with zero attached hydrogens (tertiary/aromatic N) is 2. The molecule has 4 heteroatoms. The summed E-state index contributed by atoms with van der Waals surface area (Å²) < 4.78 is 0. The monoisotopic (exact) mass is 301 g/mol. The molecule has 22 heavy (non-hydrogen) atoms. The van der Waals surface area contributed by atoms with E-state index in [9.17, 15) is 4.79 Å². The van der Waals surface area contributed by atoms with E-state index < -0.39 is 0 Å². The topological polar surface area (TPSA) is 45.2 Å². The molecule has 1 saturated carbocycles. The fraction of sp³-hybridized carbons (Fsp3) is 0.556. The van der Waals surface area contributed by atoms with E-state index in [2.05, 4.69) is 17.2 Å². The van der Waals surface area contributed by atoms with Crippen LogP contribution in [0.2, 0.25) is 0 Å². The van der Waals surface area contributed by atoms with E-state index in [4.69, 9.17) is 0 Å². The Morgan fingerprint density at radius 1 is 1.36 bits per heavy atom. The Morgan fingerprint density at radius 3 is 2.68 bits per heavy atom. The van der Waals surface area contributed by atoms with E-state index in [-0.39, 0.29) is 6.03 Å². The molecule has 1 N–H and O–H groups in total. The smallest absolute Gasteiger partial charge is 0.321 e. The first-order valence-electron chi connectivity index (χ1n) is 8.31. The van der Waals surface area contributed by atoms with Crippen LogP contribution in [0.4, 0.5) is 4.79 Å². The first kappa shape index (κ1) is 16.5. The first-order valence-corrected chi connectivity index (χ1v) is 8.31. The van der Waals surface area contributed by atoms with E-state index in [1.807, 2.05) is 30.2 Å². The van der Waals surface area contributed by atoms with E-state index in [1.54, 1.807) is 12.4 Å². The van der Waals surface area contributed by atoms with Gasteiger partial charge in [0.25, 0.3) is 0 Å². The van der Waals surface area contributed by atoms with Gasteiger partial charge in [0, 0.05) is 31.7 Å². The van der Waals surface area contributed by atoms with E-state index in [0.717, 1.165) is 13.0 Å². The third-order valence-corrected chi connectivity index (χ3v) is 4.51. The molecule has 0 unspecified atom stereocenters. The van der Waals surface area contributed by atoms with Crippen LogP contribution in [0.3, 0.4) is 0 Å². The van der Waals surface area contributed by atoms with Crippen molar-refractivity contribution in [1.82, 2.24) is 15.2 Å². The quantitative estimate of drug-likeness (QED) is 0.869. The summed E-state index contributed by atoms with van der Waals surface area (Å²) in [5.74, 6) is 0.659. The highest BCUT2D eigenvalue weighted by atomic mass is 16.2. The second kappa shape index (κ2) is 8.57. The maximum atomic E-state index is 12.3. The summed E-state index contributed by atoms with van der Waals surface area (Å²) in [4.78, 5) is 18.1. The molecule has 0 bridgehead atoms. The molecule has 1 aromatic rings. The van der Waals surface area contributed by atoms with Crippen molar-refractivity contribution in [3.05, 3.63) is 41.9 Å². The highest BCUT2D eigenvalue weighted by Crippen LogP contribution is 2.30. The predicted octanol–water partition coefficient (Wildman–Crippen LogP) is 3.75. The van der Waals surface area contributed by atoms with Crippen molar-refractivity contribution >= 4 is 6.03 Å². The van der Waals surface area contributed by atoms with Gasteiger partial charge in [0.2, 0.25) is 0 Å². The largest absolute Gasteiger partial charge is 0.324 e. The second-order valence-electron chi connectivity index (χ2n) is 6.00. The van der Waals surface area contributed by atoms with Crippen molar-refractivity contribution in [3.63, 3.8) is 0 Å². The fourth-order valence-electron chi connectivity index (χ4n) is 2.98. The Labute approximate surface area is 133 Å². The zero-order chi connectivity index (χ0) is 15.8. The molecule has 1 aliphatic carbocycles. The number of rotatable bonds is 6. The van der Waals surface area contributed by atoms with Crippen molar-refractivity contribution in [3.8, 4) is 0 Å². The number of allylic oxidation sites excluding steroid dienone is 1. The Morgan fingerprint density at radius 2 is 2.05 bits per heavy atom. The molecule has 0 radical (unpaired) electrons. The molecule has 2 amide bonds. The van der Waals surface area contributed by atoms with Crippen LogP contribution < -0.4 is 5.32 Å². The number of carbonyl (C=O) groups excluding carboxylic acids is 1. The lowest BCUT2D eigenvalue weighted by Gasteiger charge is -2.21. The van der Waals surface area contributed by atoms with Crippen molar-refractivity contribution in [2.75, 3.05) is 13.1 Å². The number of nitrogens with one attached hydrogen (secondary N) is 1. The Kier molecular flexibility index (Phi) is 6.44. The highest BCUT2D eigenvalue weighted by Gasteiger charge is 2.17. The zero-order valence-electron chi connectivity index (χ0n) is 13.7. The molecule has 0 atom stereocenters. The Hall–Kier alpha value is -1.84. The molecule has 1 aromatic heterocycles. The van der Waals surface area contributed by atoms with Crippen LogP contribution >= 0.6 is 0 Å². The lowest BCUT2D eigenvalue weighted by atomic mass is 10.0. The normalized spacial score (nSPS) is 15.8. The van der Waals surface area contributed by atoms with Crippen LogP contribution in [-0.2, 0) is 6.42 Å². The maximum Gasteiger partial charge on any atom is 0.321 e. The SMILES string of the molecule is CCN(CCc1ccncc1)C(=O)N/C=C(\C)C1CCCC1. The molecular weight excluding hydrogens is 274 g/mol. The second-order valence-corrected chi connectivity index (χ2v) is 6.00. The van der Waals surface area contributed by atoms with Crippen LogP contribution in [0, 0.1) is 5.92 Å². The first-order chi connectivity index (χ1) is 10.7. The number of amides is 2. The molecule has 1 aliphatic rings. The van der Waals surface area contributed by atoms with Crippen molar-refractivity contribution in [1.29, 1.82) is 0 Å². The summed E-state index contributed by atoms with van der Waals surface area (Å²) in [5, 5.41) is 2.96. The van der Waals surface area contributed by atoms with Crippen LogP contribution in [0.25, 0.3) is 0 Å². The third kappa shape index (κ3) is 4.86. The number of carbonyl (C=O) groups is 1. The summed E-state index contributed by atoms with van der Waals surface area (Å²) in [6.45, 7) is 5.58. The fourth-order valence-corrected chi connectivity index (χ4v) is 2.98. The standard InChI is InChI=1S/C18H27N3O/c1-3-21(13-10-16-8-11-19-12-9-16)18(22)20-14-15(2)17-6-4-5-7-17/h8-9,11-12,14,17H,3-7,10,13H2,1-2H3,(H,20,22)/b15-14+. The number of pyridine rings is 1. The van der Waals surface area contributed by atoms with Crippen LogP contribution in [0.15, 0.2) is 36.3 Å². The van der Waals surface area contributed by atoms with Crippen molar-refractivity contribution in [2.24, 2.45) is 5.92 Å². The van der Waals surface area contributed by atoms with Gasteiger partial charge in [-0.3, -0.25) is 4.98 Å². The van der Waals surface area contributed by atoms with Gasteiger partial charge in [-0.25, -0.2) is 4.79 Å². The number of likely N-dealkylation sites (N-methyl/N-ethyl adjacent to an activating group) is 1. The predicted molar refractivity (Wildman–Crippen MR) is 89.4 cm³/mol. The van der Waals surface area contributed by atoms with Crippen LogP contribution in [-0.4, -0.2) is 29.0 Å². The molecule has 1 fully saturated rings. The summed E-state index contributed by atoms with van der Waals surface area (Å²) in [6.07, 6.45) is 11.5. The number of aromatic nitrogens is 1. The Balaban J connectivity index is 1.82. The molecule has 0 aliphatic heterocycles. The average molecular weight is 301 g/mol. The van der Waals surface area contributed by atoms with Gasteiger partial charge >= 0.3 is 6.03 Å². The van der Waals surface area contributed by atoms with Crippen molar-refractivity contribution < 1.29 is 4.79 Å².